The van der Waals surface area contributed by atoms with E-state index in [2.05, 4.69) is 0 Å². The summed E-state index contributed by atoms with van der Waals surface area (Å²) in [7, 11) is 0. The number of nitrogens with two attached hydrogens (primary N) is 1. The largest absolute Gasteiger partial charge is 0.479 e. The quantitative estimate of drug-likeness (QED) is 0.515. The van der Waals surface area contributed by atoms with Gasteiger partial charge in [-0.15, -0.1) is 0 Å². The van der Waals surface area contributed by atoms with Crippen LogP contribution in [0.25, 0.3) is 0 Å². The smallest absolute Gasteiger partial charge is 0.338 e. The van der Waals surface area contributed by atoms with Crippen molar-refractivity contribution in [3.63, 3.8) is 0 Å². The van der Waals surface area contributed by atoms with Crippen molar-refractivity contribution in [2.24, 2.45) is 11.7 Å². The summed E-state index contributed by atoms with van der Waals surface area (Å²) >= 11 is 0. The number of carbonyl (C=O) groups is 2. The fraction of sp³-hybridized carbons (Fsp3) is 0.846. The number of carboxylic acids is 1. The molecule has 0 saturated heterocycles. The zero-order chi connectivity index (χ0) is 14.8. The maximum Gasteiger partial charge on any atom is 0.338 e. The van der Waals surface area contributed by atoms with E-state index in [0.717, 1.165) is 0 Å². The molecule has 4 N–H and O–H groups in total. The van der Waals surface area contributed by atoms with Gasteiger partial charge in [-0.3, -0.25) is 0 Å². The Morgan fingerprint density at radius 2 is 1.63 bits per heavy atom. The molecule has 0 unspecified atom stereocenters. The summed E-state index contributed by atoms with van der Waals surface area (Å²) in [6.07, 6.45) is 1.29. The van der Waals surface area contributed by atoms with Crippen molar-refractivity contribution in [2.75, 3.05) is 0 Å². The first kappa shape index (κ1) is 15.9. The average Bonchev–Trinajstić information content (AvgIpc) is 2.26. The summed E-state index contributed by atoms with van der Waals surface area (Å²) in [5.74, 6) is -2.79. The molecule has 0 amide bonds. The molecule has 0 aromatic heterocycles. The number of ether oxygens (including phenoxy) is 1. The van der Waals surface area contributed by atoms with Crippen LogP contribution < -0.4 is 5.73 Å². The number of aliphatic carboxylic acids is 1. The van der Waals surface area contributed by atoms with E-state index in [-0.39, 0.29) is 0 Å². The second kappa shape index (κ2) is 5.46. The lowest BCUT2D eigenvalue weighted by molar-refractivity contribution is -0.173. The van der Waals surface area contributed by atoms with Gasteiger partial charge in [0, 0.05) is 0 Å². The molecule has 19 heavy (non-hydrogen) atoms. The van der Waals surface area contributed by atoms with E-state index in [4.69, 9.17) is 10.5 Å². The van der Waals surface area contributed by atoms with Crippen LogP contribution in [0.1, 0.15) is 46.5 Å². The molecular formula is C13H23NO5. The van der Waals surface area contributed by atoms with Gasteiger partial charge in [0.25, 0.3) is 0 Å². The number of carbonyl (C=O) groups excluding carboxylic acids is 1. The van der Waals surface area contributed by atoms with E-state index in [9.17, 15) is 19.8 Å². The molecule has 0 aromatic rings. The molecule has 0 aliphatic heterocycles. The minimum atomic E-state index is -2.03. The first-order valence-corrected chi connectivity index (χ1v) is 6.51. The SMILES string of the molecule is CC(C)(C)OC(=O)[C@@](N)(C(=O)O)C1CCC(O)CC1. The number of hydrogen-bond acceptors (Lipinski definition) is 5. The van der Waals surface area contributed by atoms with Gasteiger partial charge in [-0.05, 0) is 52.4 Å². The van der Waals surface area contributed by atoms with Gasteiger partial charge in [0.15, 0.2) is 0 Å². The predicted octanol–water partition coefficient (Wildman–Crippen LogP) is 0.661. The summed E-state index contributed by atoms with van der Waals surface area (Å²) in [6, 6.07) is 0. The van der Waals surface area contributed by atoms with Crippen molar-refractivity contribution in [3.05, 3.63) is 0 Å². The highest BCUT2D eigenvalue weighted by Gasteiger charge is 2.52. The van der Waals surface area contributed by atoms with E-state index >= 15 is 0 Å². The van der Waals surface area contributed by atoms with Gasteiger partial charge in [-0.1, -0.05) is 0 Å². The number of rotatable bonds is 3. The fourth-order valence-corrected chi connectivity index (χ4v) is 2.32. The molecule has 6 heteroatoms. The van der Waals surface area contributed by atoms with Gasteiger partial charge in [0.1, 0.15) is 5.60 Å². The lowest BCUT2D eigenvalue weighted by atomic mass is 9.74. The Labute approximate surface area is 112 Å². The Kier molecular flexibility index (Phi) is 4.58. The molecule has 1 aliphatic rings. The van der Waals surface area contributed by atoms with Gasteiger partial charge in [-0.2, -0.15) is 0 Å². The first-order chi connectivity index (χ1) is 8.57. The zero-order valence-electron chi connectivity index (χ0n) is 11.7. The van der Waals surface area contributed by atoms with Crippen LogP contribution in [0.2, 0.25) is 0 Å². The molecule has 1 aliphatic carbocycles. The molecular weight excluding hydrogens is 250 g/mol. The van der Waals surface area contributed by atoms with Crippen LogP contribution in [0.15, 0.2) is 0 Å². The summed E-state index contributed by atoms with van der Waals surface area (Å²) < 4.78 is 5.14. The highest BCUT2D eigenvalue weighted by Crippen LogP contribution is 2.33. The Hall–Kier alpha value is -1.14. The maximum atomic E-state index is 12.1. The second-order valence-electron chi connectivity index (χ2n) is 6.18. The van der Waals surface area contributed by atoms with Crippen molar-refractivity contribution in [1.82, 2.24) is 0 Å². The van der Waals surface area contributed by atoms with Crippen LogP contribution >= 0.6 is 0 Å². The molecule has 0 heterocycles. The zero-order valence-corrected chi connectivity index (χ0v) is 11.7. The third-order valence-corrected chi connectivity index (χ3v) is 3.43. The van der Waals surface area contributed by atoms with Gasteiger partial charge < -0.3 is 20.7 Å². The highest BCUT2D eigenvalue weighted by atomic mass is 16.6. The number of esters is 1. The molecule has 0 bridgehead atoms. The molecule has 0 spiro atoms. The Bertz CT molecular complexity index is 355. The molecule has 1 fully saturated rings. The van der Waals surface area contributed by atoms with Crippen molar-refractivity contribution in [1.29, 1.82) is 0 Å². The summed E-state index contributed by atoms with van der Waals surface area (Å²) in [6.45, 7) is 4.99. The number of hydrogen-bond donors (Lipinski definition) is 3. The lowest BCUT2D eigenvalue weighted by Gasteiger charge is -2.37. The Balaban J connectivity index is 2.91. The van der Waals surface area contributed by atoms with Crippen LogP contribution in [0.4, 0.5) is 0 Å². The van der Waals surface area contributed by atoms with E-state index < -0.39 is 35.1 Å². The van der Waals surface area contributed by atoms with E-state index in [1.54, 1.807) is 20.8 Å². The third kappa shape index (κ3) is 3.67. The number of aliphatic hydroxyl groups is 1. The van der Waals surface area contributed by atoms with Gasteiger partial charge >= 0.3 is 11.9 Å². The standard InChI is InChI=1S/C13H23NO5/c1-12(2,3)19-11(18)13(14,10(16)17)8-4-6-9(15)7-5-8/h8-9,15H,4-7,14H2,1-3H3,(H,16,17)/t8?,9?,13-/m0/s1. The normalized spacial score (nSPS) is 27.4. The molecule has 1 atom stereocenters. The molecule has 0 radical (unpaired) electrons. The van der Waals surface area contributed by atoms with Gasteiger partial charge in [0.05, 0.1) is 6.10 Å². The van der Waals surface area contributed by atoms with Crippen molar-refractivity contribution < 1.29 is 24.5 Å². The van der Waals surface area contributed by atoms with E-state index in [1.165, 1.54) is 0 Å². The van der Waals surface area contributed by atoms with Crippen LogP contribution in [-0.2, 0) is 14.3 Å². The maximum absolute atomic E-state index is 12.1. The van der Waals surface area contributed by atoms with Crippen LogP contribution in [0.5, 0.6) is 0 Å². The van der Waals surface area contributed by atoms with E-state index in [1.807, 2.05) is 0 Å². The van der Waals surface area contributed by atoms with Crippen molar-refractivity contribution in [2.45, 2.75) is 63.7 Å². The minimum Gasteiger partial charge on any atom is -0.479 e. The fourth-order valence-electron chi connectivity index (χ4n) is 2.32. The van der Waals surface area contributed by atoms with Crippen LogP contribution in [0, 0.1) is 5.92 Å². The number of carboxylic acid groups (broad SMARTS) is 1. The Morgan fingerprint density at radius 3 is 2.00 bits per heavy atom. The monoisotopic (exact) mass is 273 g/mol. The van der Waals surface area contributed by atoms with Gasteiger partial charge in [0.2, 0.25) is 5.54 Å². The highest BCUT2D eigenvalue weighted by molar-refractivity contribution is 6.04. The van der Waals surface area contributed by atoms with E-state index in [0.29, 0.717) is 25.7 Å². The molecule has 110 valence electrons. The van der Waals surface area contributed by atoms with Crippen LogP contribution in [-0.4, -0.2) is 39.4 Å². The first-order valence-electron chi connectivity index (χ1n) is 6.51. The molecule has 0 aromatic carbocycles. The molecule has 6 nitrogen and oxygen atoms in total. The molecule has 1 rings (SSSR count). The topological polar surface area (TPSA) is 110 Å². The lowest BCUT2D eigenvalue weighted by Crippen LogP contribution is -2.62. The predicted molar refractivity (Wildman–Crippen MR) is 68.4 cm³/mol. The average molecular weight is 273 g/mol. The summed E-state index contributed by atoms with van der Waals surface area (Å²) in [5.41, 5.74) is 3.04. The third-order valence-electron chi connectivity index (χ3n) is 3.43. The minimum absolute atomic E-state index is 0.406. The van der Waals surface area contributed by atoms with Crippen LogP contribution in [0.3, 0.4) is 0 Å². The summed E-state index contributed by atoms with van der Waals surface area (Å²) in [5, 5.41) is 18.8. The second-order valence-corrected chi connectivity index (χ2v) is 6.18. The number of aliphatic hydroxyl groups excluding tert-OH is 1. The van der Waals surface area contributed by atoms with Crippen molar-refractivity contribution in [3.8, 4) is 0 Å². The summed E-state index contributed by atoms with van der Waals surface area (Å²) in [4.78, 5) is 23.6. The van der Waals surface area contributed by atoms with Crippen molar-refractivity contribution >= 4 is 11.9 Å². The Morgan fingerprint density at radius 1 is 1.16 bits per heavy atom. The molecule has 1 saturated carbocycles. The van der Waals surface area contributed by atoms with Gasteiger partial charge in [-0.25, -0.2) is 9.59 Å².